The molecule has 3 N–H and O–H groups in total. The summed E-state index contributed by atoms with van der Waals surface area (Å²) in [6.07, 6.45) is 4.73. The van der Waals surface area contributed by atoms with Gasteiger partial charge in [0.2, 0.25) is 11.8 Å². The Morgan fingerprint density at radius 2 is 1.34 bits per heavy atom. The third kappa shape index (κ3) is 12.8. The first-order chi connectivity index (χ1) is 25.9. The Kier molecular flexibility index (Phi) is 14.8. The summed E-state index contributed by atoms with van der Waals surface area (Å²) in [7, 11) is 0. The van der Waals surface area contributed by atoms with Crippen molar-refractivity contribution >= 4 is 23.8 Å². The third-order valence-electron chi connectivity index (χ3n) is 8.93. The highest BCUT2D eigenvalue weighted by atomic mass is 16.6. The molecule has 0 aliphatic carbocycles. The molecule has 4 aromatic rings. The number of nitrogens with one attached hydrogen (secondary N) is 2. The Labute approximate surface area is 310 Å². The number of aliphatic hydroxyl groups is 1. The standard InChI is InChI=1S/C43H46N2O8/c46-27-37(25-32-20-22-38(23-21-32)51-28-33-14-6-2-7-15-33)44-40(47)26-35-18-10-11-19-36(24-31-12-4-1-5-13-31)42(49)53-30-39(45-41(35)48)43(50)52-29-34-16-8-3-9-17-34/h1-17,20-23,35-37,39,46H,18-19,24-30H2,(H,44,47)(H,45,48)/t35-,36+,37+,39-/m1/s1. The molecule has 276 valence electrons. The lowest BCUT2D eigenvalue weighted by atomic mass is 9.94. The van der Waals surface area contributed by atoms with Gasteiger partial charge in [-0.15, -0.1) is 0 Å². The number of carbonyl (C=O) groups excluding carboxylic acids is 4. The van der Waals surface area contributed by atoms with Gasteiger partial charge in [-0.25, -0.2) is 4.79 Å². The molecule has 1 aliphatic heterocycles. The Hall–Kier alpha value is -5.74. The summed E-state index contributed by atoms with van der Waals surface area (Å²) in [5.74, 6) is -2.91. The van der Waals surface area contributed by atoms with Crippen LogP contribution in [0.1, 0.15) is 41.5 Å². The molecule has 1 aliphatic rings. The van der Waals surface area contributed by atoms with Gasteiger partial charge in [0.15, 0.2) is 6.04 Å². The molecule has 0 bridgehead atoms. The number of ether oxygens (including phenoxy) is 3. The largest absolute Gasteiger partial charge is 0.489 e. The zero-order valence-electron chi connectivity index (χ0n) is 29.6. The van der Waals surface area contributed by atoms with E-state index in [2.05, 4.69) is 10.6 Å². The molecular weight excluding hydrogens is 672 g/mol. The first-order valence-electron chi connectivity index (χ1n) is 17.9. The van der Waals surface area contributed by atoms with Crippen molar-refractivity contribution in [2.75, 3.05) is 13.2 Å². The van der Waals surface area contributed by atoms with Crippen molar-refractivity contribution in [3.63, 3.8) is 0 Å². The monoisotopic (exact) mass is 718 g/mol. The molecule has 0 saturated heterocycles. The Morgan fingerprint density at radius 3 is 1.96 bits per heavy atom. The molecular formula is C43H46N2O8. The lowest BCUT2D eigenvalue weighted by molar-refractivity contribution is -0.157. The topological polar surface area (TPSA) is 140 Å². The molecule has 4 aromatic carbocycles. The zero-order chi connectivity index (χ0) is 37.3. The van der Waals surface area contributed by atoms with Gasteiger partial charge in [-0.05, 0) is 60.1 Å². The van der Waals surface area contributed by atoms with Crippen molar-refractivity contribution in [1.82, 2.24) is 10.6 Å². The Balaban J connectivity index is 1.23. The average molecular weight is 719 g/mol. The summed E-state index contributed by atoms with van der Waals surface area (Å²) < 4.78 is 17.0. The molecule has 10 nitrogen and oxygen atoms in total. The summed E-state index contributed by atoms with van der Waals surface area (Å²) >= 11 is 0. The molecule has 1 heterocycles. The maximum atomic E-state index is 13.6. The summed E-state index contributed by atoms with van der Waals surface area (Å²) in [4.78, 5) is 53.5. The summed E-state index contributed by atoms with van der Waals surface area (Å²) in [6.45, 7) is -0.321. The summed E-state index contributed by atoms with van der Waals surface area (Å²) in [5.41, 5.74) is 3.66. The van der Waals surface area contributed by atoms with E-state index in [1.54, 1.807) is 18.2 Å². The van der Waals surface area contributed by atoms with Crippen LogP contribution in [0.3, 0.4) is 0 Å². The van der Waals surface area contributed by atoms with Crippen LogP contribution in [-0.4, -0.2) is 54.2 Å². The van der Waals surface area contributed by atoms with E-state index < -0.39 is 54.3 Å². The lowest BCUT2D eigenvalue weighted by Crippen LogP contribution is -2.49. The van der Waals surface area contributed by atoms with Gasteiger partial charge in [-0.2, -0.15) is 0 Å². The minimum absolute atomic E-state index is 0.0306. The van der Waals surface area contributed by atoms with Crippen LogP contribution in [-0.2, 0) is 54.7 Å². The lowest BCUT2D eigenvalue weighted by Gasteiger charge is -2.24. The fraction of sp³-hybridized carbons (Fsp3) is 0.302. The fourth-order valence-corrected chi connectivity index (χ4v) is 5.96. The molecule has 53 heavy (non-hydrogen) atoms. The Morgan fingerprint density at radius 1 is 0.755 bits per heavy atom. The second kappa shape index (κ2) is 20.3. The summed E-state index contributed by atoms with van der Waals surface area (Å²) in [5, 5.41) is 15.7. The van der Waals surface area contributed by atoms with Gasteiger partial charge in [-0.3, -0.25) is 14.4 Å². The molecule has 0 saturated carbocycles. The molecule has 5 rings (SSSR count). The van der Waals surface area contributed by atoms with Crippen molar-refractivity contribution in [3.8, 4) is 5.75 Å². The van der Waals surface area contributed by atoms with E-state index in [4.69, 9.17) is 14.2 Å². The van der Waals surface area contributed by atoms with Gasteiger partial charge in [0, 0.05) is 6.42 Å². The van der Waals surface area contributed by atoms with E-state index in [0.717, 1.165) is 22.3 Å². The van der Waals surface area contributed by atoms with Gasteiger partial charge >= 0.3 is 11.9 Å². The molecule has 4 atom stereocenters. The van der Waals surface area contributed by atoms with Crippen LogP contribution in [0.15, 0.2) is 127 Å². The molecule has 0 fully saturated rings. The minimum Gasteiger partial charge on any atom is -0.489 e. The van der Waals surface area contributed by atoms with E-state index in [0.29, 0.717) is 31.6 Å². The first kappa shape index (κ1) is 38.5. The SMILES string of the molecule is O=C(C[C@H]1CC=CC[C@@H](Cc2ccccc2)C(=O)OC[C@H](C(=O)OCc2ccccc2)NC1=O)N[C@H](CO)Cc1ccc(OCc2ccccc2)cc1. The maximum Gasteiger partial charge on any atom is 0.332 e. The second-order valence-electron chi connectivity index (χ2n) is 13.1. The van der Waals surface area contributed by atoms with Crippen molar-refractivity contribution in [2.24, 2.45) is 11.8 Å². The number of aliphatic hydroxyl groups excluding tert-OH is 1. The number of benzene rings is 4. The molecule has 0 radical (unpaired) electrons. The number of hydrogen-bond donors (Lipinski definition) is 3. The van der Waals surface area contributed by atoms with E-state index in [1.807, 2.05) is 109 Å². The van der Waals surface area contributed by atoms with Crippen LogP contribution in [0.4, 0.5) is 0 Å². The van der Waals surface area contributed by atoms with Crippen molar-refractivity contribution in [2.45, 2.75) is 57.4 Å². The predicted molar refractivity (Wildman–Crippen MR) is 199 cm³/mol. The number of esters is 2. The van der Waals surface area contributed by atoms with Gasteiger partial charge in [0.25, 0.3) is 0 Å². The first-order valence-corrected chi connectivity index (χ1v) is 17.9. The number of hydrogen-bond acceptors (Lipinski definition) is 8. The number of allylic oxidation sites excluding steroid dienone is 2. The van der Waals surface area contributed by atoms with E-state index in [9.17, 15) is 24.3 Å². The highest BCUT2D eigenvalue weighted by molar-refractivity contribution is 5.89. The highest BCUT2D eigenvalue weighted by Gasteiger charge is 2.31. The molecule has 10 heteroatoms. The smallest absolute Gasteiger partial charge is 0.332 e. The van der Waals surface area contributed by atoms with Crippen molar-refractivity contribution in [1.29, 1.82) is 0 Å². The molecule has 0 spiro atoms. The van der Waals surface area contributed by atoms with Gasteiger partial charge in [0.05, 0.1) is 24.5 Å². The van der Waals surface area contributed by atoms with Crippen LogP contribution >= 0.6 is 0 Å². The molecule has 0 unspecified atom stereocenters. The normalized spacial score (nSPS) is 18.3. The maximum absolute atomic E-state index is 13.6. The quantitative estimate of drug-likeness (QED) is 0.118. The van der Waals surface area contributed by atoms with E-state index >= 15 is 0 Å². The van der Waals surface area contributed by atoms with Crippen LogP contribution in [0, 0.1) is 11.8 Å². The van der Waals surface area contributed by atoms with E-state index in [1.165, 1.54) is 0 Å². The summed E-state index contributed by atoms with van der Waals surface area (Å²) in [6, 6.07) is 34.1. The van der Waals surface area contributed by atoms with Crippen LogP contribution < -0.4 is 15.4 Å². The van der Waals surface area contributed by atoms with Crippen LogP contribution in [0.2, 0.25) is 0 Å². The zero-order valence-corrected chi connectivity index (χ0v) is 29.6. The number of amides is 2. The minimum atomic E-state index is -1.29. The second-order valence-corrected chi connectivity index (χ2v) is 13.1. The fourth-order valence-electron chi connectivity index (χ4n) is 5.96. The van der Waals surface area contributed by atoms with Gasteiger partial charge in [0.1, 0.15) is 25.6 Å². The highest BCUT2D eigenvalue weighted by Crippen LogP contribution is 2.20. The number of cyclic esters (lactones) is 1. The van der Waals surface area contributed by atoms with Crippen LogP contribution in [0.5, 0.6) is 5.75 Å². The van der Waals surface area contributed by atoms with Gasteiger partial charge < -0.3 is 30.0 Å². The number of carbonyl (C=O) groups is 4. The molecule has 0 aromatic heterocycles. The Bertz CT molecular complexity index is 1780. The molecule has 2 amide bonds. The predicted octanol–water partition coefficient (Wildman–Crippen LogP) is 5.27. The van der Waals surface area contributed by atoms with Crippen LogP contribution in [0.25, 0.3) is 0 Å². The average Bonchev–Trinajstić information content (AvgIpc) is 3.19. The van der Waals surface area contributed by atoms with Crippen molar-refractivity contribution < 1.29 is 38.5 Å². The third-order valence-corrected chi connectivity index (χ3v) is 8.93. The van der Waals surface area contributed by atoms with Crippen molar-refractivity contribution in [3.05, 3.63) is 150 Å². The number of rotatable bonds is 14. The van der Waals surface area contributed by atoms with E-state index in [-0.39, 0.29) is 26.1 Å². The van der Waals surface area contributed by atoms with Gasteiger partial charge in [-0.1, -0.05) is 115 Å².